The molecule has 1 aliphatic rings. The maximum absolute atomic E-state index is 12.5. The second-order valence-corrected chi connectivity index (χ2v) is 5.16. The molecular formula is C16H20N2O4. The van der Waals surface area contributed by atoms with Crippen molar-refractivity contribution in [2.24, 2.45) is 0 Å². The number of hydrogen-bond donors (Lipinski definition) is 1. The zero-order chi connectivity index (χ0) is 16.1. The molecule has 0 spiro atoms. The minimum Gasteiger partial charge on any atom is -0.375 e. The Bertz CT molecular complexity index is 585. The summed E-state index contributed by atoms with van der Waals surface area (Å²) in [7, 11) is 0. The summed E-state index contributed by atoms with van der Waals surface area (Å²) in [4.78, 5) is 36.9. The normalized spacial score (nSPS) is 15.5. The molecule has 0 bridgehead atoms. The van der Waals surface area contributed by atoms with E-state index in [0.29, 0.717) is 12.2 Å². The first-order valence-corrected chi connectivity index (χ1v) is 7.31. The van der Waals surface area contributed by atoms with Crippen molar-refractivity contribution < 1.29 is 19.1 Å². The average molecular weight is 304 g/mol. The molecule has 0 saturated heterocycles. The molecule has 2 rings (SSSR count). The van der Waals surface area contributed by atoms with Crippen LogP contribution in [0.3, 0.4) is 0 Å². The predicted molar refractivity (Wildman–Crippen MR) is 80.3 cm³/mol. The summed E-state index contributed by atoms with van der Waals surface area (Å²) in [6, 6.07) is 7.11. The van der Waals surface area contributed by atoms with Crippen LogP contribution in [-0.4, -0.2) is 48.4 Å². The van der Waals surface area contributed by atoms with Gasteiger partial charge in [0.2, 0.25) is 11.8 Å². The summed E-state index contributed by atoms with van der Waals surface area (Å²) in [6.07, 6.45) is -0.201. The van der Waals surface area contributed by atoms with Gasteiger partial charge in [-0.05, 0) is 18.6 Å². The van der Waals surface area contributed by atoms with Crippen molar-refractivity contribution in [3.63, 3.8) is 0 Å². The van der Waals surface area contributed by atoms with Crippen molar-refractivity contribution in [2.45, 2.75) is 26.4 Å². The highest BCUT2D eigenvalue weighted by Gasteiger charge is 2.32. The highest BCUT2D eigenvalue weighted by Crippen LogP contribution is 2.20. The van der Waals surface area contributed by atoms with Crippen molar-refractivity contribution in [3.05, 3.63) is 35.4 Å². The summed E-state index contributed by atoms with van der Waals surface area (Å²) in [5, 5.41) is 2.66. The van der Waals surface area contributed by atoms with E-state index in [9.17, 15) is 14.4 Å². The Labute approximate surface area is 129 Å². The highest BCUT2D eigenvalue weighted by molar-refractivity contribution is 6.09. The zero-order valence-electron chi connectivity index (χ0n) is 12.8. The van der Waals surface area contributed by atoms with Crippen molar-refractivity contribution in [1.29, 1.82) is 0 Å². The molecule has 0 fully saturated rings. The van der Waals surface area contributed by atoms with Gasteiger partial charge in [0.25, 0.3) is 5.91 Å². The molecule has 1 aromatic rings. The maximum atomic E-state index is 12.5. The highest BCUT2D eigenvalue weighted by atomic mass is 16.5. The van der Waals surface area contributed by atoms with Crippen LogP contribution >= 0.6 is 0 Å². The van der Waals surface area contributed by atoms with Gasteiger partial charge >= 0.3 is 0 Å². The first-order chi connectivity index (χ1) is 10.5. The minimum absolute atomic E-state index is 0.139. The number of imide groups is 1. The van der Waals surface area contributed by atoms with E-state index in [4.69, 9.17) is 4.74 Å². The number of carbonyl (C=O) groups excluding carboxylic acids is 3. The molecule has 1 heterocycles. The van der Waals surface area contributed by atoms with Crippen LogP contribution in [-0.2, 0) is 20.7 Å². The first kappa shape index (κ1) is 16.2. The van der Waals surface area contributed by atoms with Crippen LogP contribution in [0.15, 0.2) is 24.3 Å². The molecule has 6 heteroatoms. The van der Waals surface area contributed by atoms with Gasteiger partial charge in [0, 0.05) is 25.6 Å². The lowest BCUT2D eigenvalue weighted by Gasteiger charge is -2.30. The number of ether oxygens (including phenoxy) is 1. The van der Waals surface area contributed by atoms with Gasteiger partial charge in [-0.25, -0.2) is 0 Å². The van der Waals surface area contributed by atoms with Gasteiger partial charge in [-0.3, -0.25) is 19.3 Å². The van der Waals surface area contributed by atoms with E-state index in [1.165, 1.54) is 11.8 Å². The van der Waals surface area contributed by atoms with E-state index in [0.717, 1.165) is 5.56 Å². The van der Waals surface area contributed by atoms with Crippen LogP contribution in [0.1, 0.15) is 29.8 Å². The Balaban J connectivity index is 2.11. The summed E-state index contributed by atoms with van der Waals surface area (Å²) < 4.78 is 5.52. The van der Waals surface area contributed by atoms with Crippen LogP contribution in [0.2, 0.25) is 0 Å². The summed E-state index contributed by atoms with van der Waals surface area (Å²) >= 11 is 0. The molecule has 1 N–H and O–H groups in total. The third-order valence-corrected chi connectivity index (χ3v) is 3.50. The standard InChI is InChI=1S/C16H20N2O4/c1-3-22-13(9-17-11(2)19)10-18-15(20)8-12-6-4-5-7-14(12)16(18)21/h4-7,13H,3,8-10H2,1-2H3,(H,17,19). The van der Waals surface area contributed by atoms with Crippen LogP contribution in [0, 0.1) is 0 Å². The van der Waals surface area contributed by atoms with Gasteiger partial charge < -0.3 is 10.1 Å². The lowest BCUT2D eigenvalue weighted by atomic mass is 9.98. The zero-order valence-corrected chi connectivity index (χ0v) is 12.8. The Morgan fingerprint density at radius 2 is 2.09 bits per heavy atom. The molecule has 1 aromatic carbocycles. The summed E-state index contributed by atoms with van der Waals surface area (Å²) in [5.74, 6) is -0.720. The number of hydrogen-bond acceptors (Lipinski definition) is 4. The average Bonchev–Trinajstić information content (AvgIpc) is 2.48. The molecule has 6 nitrogen and oxygen atoms in total. The van der Waals surface area contributed by atoms with Gasteiger partial charge in [-0.15, -0.1) is 0 Å². The number of rotatable bonds is 6. The van der Waals surface area contributed by atoms with E-state index in [1.54, 1.807) is 18.2 Å². The number of carbonyl (C=O) groups is 3. The van der Waals surface area contributed by atoms with Gasteiger partial charge in [0.1, 0.15) is 0 Å². The largest absolute Gasteiger partial charge is 0.375 e. The Morgan fingerprint density at radius 3 is 2.77 bits per heavy atom. The number of nitrogens with zero attached hydrogens (tertiary/aromatic N) is 1. The molecule has 0 saturated carbocycles. The van der Waals surface area contributed by atoms with E-state index in [2.05, 4.69) is 5.32 Å². The molecule has 1 atom stereocenters. The topological polar surface area (TPSA) is 75.7 Å². The number of amides is 3. The second-order valence-electron chi connectivity index (χ2n) is 5.16. The lowest BCUT2D eigenvalue weighted by molar-refractivity contribution is -0.130. The first-order valence-electron chi connectivity index (χ1n) is 7.31. The smallest absolute Gasteiger partial charge is 0.260 e. The van der Waals surface area contributed by atoms with Crippen molar-refractivity contribution in [1.82, 2.24) is 10.2 Å². The van der Waals surface area contributed by atoms with Gasteiger partial charge in [-0.1, -0.05) is 18.2 Å². The third kappa shape index (κ3) is 3.71. The lowest BCUT2D eigenvalue weighted by Crippen LogP contribution is -2.49. The Hall–Kier alpha value is -2.21. The fraction of sp³-hybridized carbons (Fsp3) is 0.438. The maximum Gasteiger partial charge on any atom is 0.260 e. The predicted octanol–water partition coefficient (Wildman–Crippen LogP) is 0.753. The molecule has 0 radical (unpaired) electrons. The van der Waals surface area contributed by atoms with Crippen LogP contribution in [0.4, 0.5) is 0 Å². The molecule has 22 heavy (non-hydrogen) atoms. The van der Waals surface area contributed by atoms with Gasteiger partial charge in [0.05, 0.1) is 19.1 Å². The van der Waals surface area contributed by atoms with Crippen molar-refractivity contribution in [2.75, 3.05) is 19.7 Å². The SMILES string of the molecule is CCOC(CNC(C)=O)CN1C(=O)Cc2ccccc2C1=O. The number of benzene rings is 1. The quantitative estimate of drug-likeness (QED) is 0.787. The molecule has 118 valence electrons. The van der Waals surface area contributed by atoms with Gasteiger partial charge in [0.15, 0.2) is 0 Å². The summed E-state index contributed by atoms with van der Waals surface area (Å²) in [5.41, 5.74) is 1.31. The molecule has 1 aliphatic heterocycles. The number of fused-ring (bicyclic) bond motifs is 1. The van der Waals surface area contributed by atoms with Crippen molar-refractivity contribution in [3.8, 4) is 0 Å². The molecule has 3 amide bonds. The number of nitrogens with one attached hydrogen (secondary N) is 1. The molecular weight excluding hydrogens is 284 g/mol. The summed E-state index contributed by atoms with van der Waals surface area (Å²) in [6.45, 7) is 4.09. The van der Waals surface area contributed by atoms with Crippen LogP contribution in [0.5, 0.6) is 0 Å². The van der Waals surface area contributed by atoms with E-state index >= 15 is 0 Å². The molecule has 0 aromatic heterocycles. The van der Waals surface area contributed by atoms with E-state index in [1.807, 2.05) is 13.0 Å². The van der Waals surface area contributed by atoms with E-state index < -0.39 is 6.10 Å². The fourth-order valence-electron chi connectivity index (χ4n) is 2.46. The van der Waals surface area contributed by atoms with Crippen molar-refractivity contribution >= 4 is 17.7 Å². The monoisotopic (exact) mass is 304 g/mol. The van der Waals surface area contributed by atoms with Crippen LogP contribution < -0.4 is 5.32 Å². The Kier molecular flexibility index (Phi) is 5.27. The van der Waals surface area contributed by atoms with Gasteiger partial charge in [-0.2, -0.15) is 0 Å². The van der Waals surface area contributed by atoms with E-state index in [-0.39, 0.29) is 37.2 Å². The Morgan fingerprint density at radius 1 is 1.36 bits per heavy atom. The second kappa shape index (κ2) is 7.17. The fourth-order valence-corrected chi connectivity index (χ4v) is 2.46. The van der Waals surface area contributed by atoms with Crippen LogP contribution in [0.25, 0.3) is 0 Å². The molecule has 1 unspecified atom stereocenters. The minimum atomic E-state index is -0.410. The third-order valence-electron chi connectivity index (χ3n) is 3.50. The molecule has 0 aliphatic carbocycles.